The van der Waals surface area contributed by atoms with Gasteiger partial charge in [-0.15, -0.1) is 6.58 Å². The van der Waals surface area contributed by atoms with Gasteiger partial charge in [-0.05, 0) is 60.7 Å². The number of anilines is 1. The van der Waals surface area contributed by atoms with Crippen LogP contribution >= 0.6 is 0 Å². The molecule has 1 fully saturated rings. The molecular formula is C26H28F4N2O4S. The standard InChI is InChI=1S/C26H28F4N2O4S/c1-3-18-15-31(23-10-7-17(13-22(23)27)26(28,29)30)11-12-32(18)24(4-2)37(35,36)19-8-5-16-6-9-20(25(33)34)21(16)14-19/h4-5,7-8,10,13-14,18,20,24H,2-3,6,9,11-12,15H2,1H3,(H,33,34). The molecule has 2 aromatic rings. The van der Waals surface area contributed by atoms with E-state index in [-0.39, 0.29) is 36.3 Å². The molecule has 0 spiro atoms. The van der Waals surface area contributed by atoms with Crippen LogP contribution in [-0.2, 0) is 27.2 Å². The molecule has 3 unspecified atom stereocenters. The minimum atomic E-state index is -4.66. The molecule has 0 saturated carbocycles. The van der Waals surface area contributed by atoms with E-state index in [1.807, 2.05) is 6.92 Å². The number of nitrogens with zero attached hydrogens (tertiary/aromatic N) is 2. The summed E-state index contributed by atoms with van der Waals surface area (Å²) in [7, 11) is -3.98. The Morgan fingerprint density at radius 2 is 1.95 bits per heavy atom. The predicted octanol–water partition coefficient (Wildman–Crippen LogP) is 4.85. The van der Waals surface area contributed by atoms with Gasteiger partial charge in [0, 0.05) is 25.7 Å². The number of carboxylic acids is 1. The Labute approximate surface area is 213 Å². The third-order valence-electron chi connectivity index (χ3n) is 7.28. The van der Waals surface area contributed by atoms with Crippen molar-refractivity contribution in [3.05, 3.63) is 71.6 Å². The SMILES string of the molecule is C=CC(N1CCN(c2ccc(C(F)(F)F)cc2F)CC1CC)S(=O)(=O)c1ccc2c(c1)C(C(=O)O)CC2. The van der Waals surface area contributed by atoms with Crippen molar-refractivity contribution in [3.63, 3.8) is 0 Å². The molecule has 0 bridgehead atoms. The Bertz CT molecular complexity index is 1310. The zero-order valence-corrected chi connectivity index (χ0v) is 21.0. The van der Waals surface area contributed by atoms with Crippen LogP contribution < -0.4 is 4.90 Å². The summed E-state index contributed by atoms with van der Waals surface area (Å²) in [5.41, 5.74) is 0.283. The van der Waals surface area contributed by atoms with Crippen molar-refractivity contribution in [2.24, 2.45) is 0 Å². The Kier molecular flexibility index (Phi) is 7.40. The lowest BCUT2D eigenvalue weighted by Crippen LogP contribution is -2.57. The summed E-state index contributed by atoms with van der Waals surface area (Å²) in [6.45, 7) is 6.21. The van der Waals surface area contributed by atoms with E-state index in [0.717, 1.165) is 17.7 Å². The number of hydrogen-bond donors (Lipinski definition) is 1. The first-order valence-corrected chi connectivity index (χ1v) is 13.5. The lowest BCUT2D eigenvalue weighted by atomic mass is 10.0. The molecule has 200 valence electrons. The van der Waals surface area contributed by atoms with Gasteiger partial charge in [-0.2, -0.15) is 13.2 Å². The maximum atomic E-state index is 14.6. The van der Waals surface area contributed by atoms with Gasteiger partial charge < -0.3 is 10.0 Å². The average Bonchev–Trinajstić information content (AvgIpc) is 3.27. The van der Waals surface area contributed by atoms with Crippen LogP contribution in [0.5, 0.6) is 0 Å². The van der Waals surface area contributed by atoms with Crippen LogP contribution in [0, 0.1) is 5.82 Å². The van der Waals surface area contributed by atoms with Gasteiger partial charge in [-0.1, -0.05) is 19.1 Å². The molecule has 4 rings (SSSR count). The highest BCUT2D eigenvalue weighted by molar-refractivity contribution is 7.92. The van der Waals surface area contributed by atoms with Crippen molar-refractivity contribution in [3.8, 4) is 0 Å². The highest BCUT2D eigenvalue weighted by Gasteiger charge is 2.39. The summed E-state index contributed by atoms with van der Waals surface area (Å²) in [5.74, 6) is -2.73. The molecule has 0 amide bonds. The van der Waals surface area contributed by atoms with Gasteiger partial charge in [0.2, 0.25) is 0 Å². The molecule has 3 atom stereocenters. The number of piperazine rings is 1. The van der Waals surface area contributed by atoms with Gasteiger partial charge in [0.1, 0.15) is 11.2 Å². The molecule has 2 aliphatic rings. The van der Waals surface area contributed by atoms with E-state index in [2.05, 4.69) is 6.58 Å². The minimum absolute atomic E-state index is 0.00960. The quantitative estimate of drug-likeness (QED) is 0.400. The van der Waals surface area contributed by atoms with Crippen LogP contribution in [-0.4, -0.2) is 55.4 Å². The largest absolute Gasteiger partial charge is 0.481 e. The first-order valence-electron chi connectivity index (χ1n) is 12.0. The second-order valence-corrected chi connectivity index (χ2v) is 11.4. The maximum Gasteiger partial charge on any atom is 0.416 e. The molecule has 0 radical (unpaired) electrons. The van der Waals surface area contributed by atoms with Crippen molar-refractivity contribution in [1.29, 1.82) is 0 Å². The van der Waals surface area contributed by atoms with Crippen molar-refractivity contribution < 1.29 is 35.9 Å². The summed E-state index contributed by atoms with van der Waals surface area (Å²) in [4.78, 5) is 15.0. The van der Waals surface area contributed by atoms with Crippen LogP contribution in [0.2, 0.25) is 0 Å². The second-order valence-electron chi connectivity index (χ2n) is 9.37. The first-order chi connectivity index (χ1) is 17.4. The van der Waals surface area contributed by atoms with Gasteiger partial charge >= 0.3 is 12.1 Å². The fraction of sp³-hybridized carbons (Fsp3) is 0.423. The smallest absolute Gasteiger partial charge is 0.416 e. The molecule has 6 nitrogen and oxygen atoms in total. The highest BCUT2D eigenvalue weighted by Crippen LogP contribution is 2.37. The summed E-state index contributed by atoms with van der Waals surface area (Å²) in [6.07, 6.45) is -1.84. The number of aliphatic carboxylic acids is 1. The molecular weight excluding hydrogens is 512 g/mol. The van der Waals surface area contributed by atoms with Gasteiger partial charge in [-0.25, -0.2) is 12.8 Å². The number of rotatable bonds is 7. The molecule has 1 saturated heterocycles. The molecule has 1 aliphatic carbocycles. The van der Waals surface area contributed by atoms with Crippen LogP contribution in [0.1, 0.15) is 42.4 Å². The molecule has 1 N–H and O–H groups in total. The number of hydrogen-bond acceptors (Lipinski definition) is 5. The Morgan fingerprint density at radius 3 is 2.54 bits per heavy atom. The summed E-state index contributed by atoms with van der Waals surface area (Å²) in [5, 5.41) is 8.40. The summed E-state index contributed by atoms with van der Waals surface area (Å²) in [6, 6.07) is 6.65. The van der Waals surface area contributed by atoms with Crippen molar-refractivity contribution in [2.75, 3.05) is 24.5 Å². The normalized spacial score (nSPS) is 21.5. The van der Waals surface area contributed by atoms with E-state index in [9.17, 15) is 35.9 Å². The minimum Gasteiger partial charge on any atom is -0.481 e. The number of alkyl halides is 3. The lowest BCUT2D eigenvalue weighted by Gasteiger charge is -2.44. The summed E-state index contributed by atoms with van der Waals surface area (Å²) < 4.78 is 80.8. The molecule has 0 aromatic heterocycles. The van der Waals surface area contributed by atoms with Crippen LogP contribution in [0.3, 0.4) is 0 Å². The van der Waals surface area contributed by atoms with E-state index >= 15 is 0 Å². The number of benzene rings is 2. The third-order valence-corrected chi connectivity index (χ3v) is 9.29. The number of halogens is 4. The molecule has 1 heterocycles. The third kappa shape index (κ3) is 5.11. The number of carboxylic acid groups (broad SMARTS) is 1. The number of fused-ring (bicyclic) bond motifs is 1. The van der Waals surface area contributed by atoms with E-state index in [1.54, 1.807) is 15.9 Å². The van der Waals surface area contributed by atoms with Gasteiger partial charge in [0.05, 0.1) is 22.1 Å². The Hall–Kier alpha value is -2.92. The summed E-state index contributed by atoms with van der Waals surface area (Å²) >= 11 is 0. The van der Waals surface area contributed by atoms with E-state index in [0.29, 0.717) is 30.9 Å². The number of sulfone groups is 1. The number of carbonyl (C=O) groups is 1. The van der Waals surface area contributed by atoms with E-state index < -0.39 is 44.7 Å². The Morgan fingerprint density at radius 1 is 1.22 bits per heavy atom. The predicted molar refractivity (Wildman–Crippen MR) is 131 cm³/mol. The second kappa shape index (κ2) is 10.1. The number of aryl methyl sites for hydroxylation is 1. The van der Waals surface area contributed by atoms with Crippen LogP contribution in [0.25, 0.3) is 0 Å². The fourth-order valence-corrected chi connectivity index (χ4v) is 7.04. The monoisotopic (exact) mass is 540 g/mol. The average molecular weight is 541 g/mol. The van der Waals surface area contributed by atoms with Crippen molar-refractivity contribution >= 4 is 21.5 Å². The van der Waals surface area contributed by atoms with Crippen molar-refractivity contribution in [1.82, 2.24) is 4.90 Å². The topological polar surface area (TPSA) is 77.9 Å². The van der Waals surface area contributed by atoms with E-state index in [1.165, 1.54) is 18.2 Å². The van der Waals surface area contributed by atoms with Gasteiger partial charge in [0.25, 0.3) is 0 Å². The molecule has 37 heavy (non-hydrogen) atoms. The molecule has 11 heteroatoms. The first kappa shape index (κ1) is 27.1. The zero-order chi connectivity index (χ0) is 27.1. The van der Waals surface area contributed by atoms with Gasteiger partial charge in [0.15, 0.2) is 9.84 Å². The molecule has 1 aliphatic heterocycles. The lowest BCUT2D eigenvalue weighted by molar-refractivity contribution is -0.139. The van der Waals surface area contributed by atoms with Crippen LogP contribution in [0.4, 0.5) is 23.2 Å². The fourth-order valence-electron chi connectivity index (χ4n) is 5.32. The van der Waals surface area contributed by atoms with E-state index in [4.69, 9.17) is 0 Å². The van der Waals surface area contributed by atoms with Crippen molar-refractivity contribution in [2.45, 2.75) is 54.6 Å². The maximum absolute atomic E-state index is 14.6. The Balaban J connectivity index is 1.59. The highest BCUT2D eigenvalue weighted by atomic mass is 32.2. The van der Waals surface area contributed by atoms with Crippen LogP contribution in [0.15, 0.2) is 53.9 Å². The van der Waals surface area contributed by atoms with Gasteiger partial charge in [-0.3, -0.25) is 9.69 Å². The zero-order valence-electron chi connectivity index (χ0n) is 20.2. The molecule has 2 aromatic carbocycles.